The Kier molecular flexibility index (Phi) is 3.76. The fraction of sp³-hybridized carbons (Fsp3) is 0.562. The van der Waals surface area contributed by atoms with Crippen LogP contribution in [0.25, 0.3) is 0 Å². The van der Waals surface area contributed by atoms with Gasteiger partial charge in [0.25, 0.3) is 0 Å². The zero-order valence-corrected chi connectivity index (χ0v) is 11.9. The maximum Gasteiger partial charge on any atom is 0.223 e. The van der Waals surface area contributed by atoms with Crippen LogP contribution in [0.3, 0.4) is 0 Å². The maximum absolute atomic E-state index is 11.5. The quantitative estimate of drug-likeness (QED) is 0.864. The van der Waals surface area contributed by atoms with Crippen LogP contribution in [0.2, 0.25) is 0 Å². The predicted molar refractivity (Wildman–Crippen MR) is 78.8 cm³/mol. The van der Waals surface area contributed by atoms with Crippen LogP contribution in [-0.2, 0) is 11.2 Å². The number of nitrogens with one attached hydrogen (secondary N) is 1. The number of carbonyl (C=O) groups is 1. The molecular weight excluding hydrogens is 252 g/mol. The second-order valence-electron chi connectivity index (χ2n) is 5.81. The van der Waals surface area contributed by atoms with Crippen LogP contribution in [0, 0.1) is 0 Å². The van der Waals surface area contributed by atoms with Gasteiger partial charge in [0.1, 0.15) is 0 Å². The van der Waals surface area contributed by atoms with E-state index in [9.17, 15) is 9.90 Å². The number of aliphatic hydroxyl groups is 1. The minimum atomic E-state index is -0.452. The SMILES string of the molecule is CC(=O)N1CCc2cc(C(O)C3CCCCN3)ccc21. The van der Waals surface area contributed by atoms with Gasteiger partial charge < -0.3 is 15.3 Å². The van der Waals surface area contributed by atoms with Crippen molar-refractivity contribution in [1.29, 1.82) is 0 Å². The minimum Gasteiger partial charge on any atom is -0.387 e. The van der Waals surface area contributed by atoms with Crippen molar-refractivity contribution < 1.29 is 9.90 Å². The first-order chi connectivity index (χ1) is 9.66. The first-order valence-corrected chi connectivity index (χ1v) is 7.49. The fourth-order valence-corrected chi connectivity index (χ4v) is 3.31. The Morgan fingerprint density at radius 1 is 1.45 bits per heavy atom. The van der Waals surface area contributed by atoms with Crippen LogP contribution in [0.4, 0.5) is 5.69 Å². The highest BCUT2D eigenvalue weighted by Gasteiger charge is 2.26. The Morgan fingerprint density at radius 2 is 2.30 bits per heavy atom. The molecule has 0 aromatic heterocycles. The van der Waals surface area contributed by atoms with Crippen molar-refractivity contribution in [3.8, 4) is 0 Å². The molecule has 108 valence electrons. The molecule has 1 amide bonds. The molecule has 2 N–H and O–H groups in total. The van der Waals surface area contributed by atoms with Gasteiger partial charge in [-0.2, -0.15) is 0 Å². The number of amides is 1. The topological polar surface area (TPSA) is 52.6 Å². The Bertz CT molecular complexity index is 509. The lowest BCUT2D eigenvalue weighted by molar-refractivity contribution is -0.116. The number of fused-ring (bicyclic) bond motifs is 1. The molecule has 0 spiro atoms. The molecule has 2 atom stereocenters. The fourth-order valence-electron chi connectivity index (χ4n) is 3.31. The molecule has 2 unspecified atom stereocenters. The van der Waals surface area contributed by atoms with Crippen molar-refractivity contribution in [3.05, 3.63) is 29.3 Å². The molecular formula is C16H22N2O2. The van der Waals surface area contributed by atoms with Crippen LogP contribution in [0.5, 0.6) is 0 Å². The minimum absolute atomic E-state index is 0.0889. The third-order valence-corrected chi connectivity index (χ3v) is 4.45. The van der Waals surface area contributed by atoms with Crippen molar-refractivity contribution in [3.63, 3.8) is 0 Å². The van der Waals surface area contributed by atoms with Gasteiger partial charge in [0.2, 0.25) is 5.91 Å². The van der Waals surface area contributed by atoms with E-state index in [1.165, 1.54) is 18.4 Å². The lowest BCUT2D eigenvalue weighted by Crippen LogP contribution is -2.38. The molecule has 4 heteroatoms. The van der Waals surface area contributed by atoms with E-state index in [0.29, 0.717) is 0 Å². The molecule has 0 aliphatic carbocycles. The van der Waals surface area contributed by atoms with Crippen molar-refractivity contribution in [2.45, 2.75) is 44.8 Å². The standard InChI is InChI=1S/C16H22N2O2/c1-11(19)18-9-7-12-10-13(5-6-15(12)18)16(20)14-4-2-3-8-17-14/h5-6,10,14,16-17,20H,2-4,7-9H2,1H3. The summed E-state index contributed by atoms with van der Waals surface area (Å²) in [4.78, 5) is 13.4. The summed E-state index contributed by atoms with van der Waals surface area (Å²) in [5.74, 6) is 0.0889. The third kappa shape index (κ3) is 2.45. The third-order valence-electron chi connectivity index (χ3n) is 4.45. The van der Waals surface area contributed by atoms with Crippen molar-refractivity contribution >= 4 is 11.6 Å². The number of hydrogen-bond donors (Lipinski definition) is 2. The summed E-state index contributed by atoms with van der Waals surface area (Å²) in [6, 6.07) is 6.16. The average molecular weight is 274 g/mol. The zero-order valence-electron chi connectivity index (χ0n) is 11.9. The lowest BCUT2D eigenvalue weighted by Gasteiger charge is -2.28. The summed E-state index contributed by atoms with van der Waals surface area (Å²) in [5.41, 5.74) is 3.14. The number of carbonyl (C=O) groups excluding carboxylic acids is 1. The van der Waals surface area contributed by atoms with E-state index in [1.807, 2.05) is 17.0 Å². The van der Waals surface area contributed by atoms with Gasteiger partial charge in [0.05, 0.1) is 6.10 Å². The Morgan fingerprint density at radius 3 is 3.00 bits per heavy atom. The largest absolute Gasteiger partial charge is 0.387 e. The number of rotatable bonds is 2. The second kappa shape index (κ2) is 5.54. The van der Waals surface area contributed by atoms with Crippen molar-refractivity contribution in [1.82, 2.24) is 5.32 Å². The molecule has 2 aliphatic heterocycles. The monoisotopic (exact) mass is 274 g/mol. The summed E-state index contributed by atoms with van der Waals surface area (Å²) in [5, 5.41) is 13.9. The molecule has 0 saturated carbocycles. The number of anilines is 1. The highest BCUT2D eigenvalue weighted by atomic mass is 16.3. The number of benzene rings is 1. The first-order valence-electron chi connectivity index (χ1n) is 7.49. The van der Waals surface area contributed by atoms with Crippen LogP contribution in [0.1, 0.15) is 43.4 Å². The summed E-state index contributed by atoms with van der Waals surface area (Å²) < 4.78 is 0. The number of nitrogens with zero attached hydrogens (tertiary/aromatic N) is 1. The Hall–Kier alpha value is -1.39. The zero-order chi connectivity index (χ0) is 14.1. The van der Waals surface area contributed by atoms with Gasteiger partial charge >= 0.3 is 0 Å². The van der Waals surface area contributed by atoms with Crippen LogP contribution >= 0.6 is 0 Å². The van der Waals surface area contributed by atoms with E-state index in [1.54, 1.807) is 6.92 Å². The van der Waals surface area contributed by atoms with Gasteiger partial charge in [-0.3, -0.25) is 4.79 Å². The molecule has 4 nitrogen and oxygen atoms in total. The van der Waals surface area contributed by atoms with Crippen LogP contribution in [-0.4, -0.2) is 30.1 Å². The molecule has 2 heterocycles. The van der Waals surface area contributed by atoms with Gasteiger partial charge in [-0.05, 0) is 43.0 Å². The molecule has 0 bridgehead atoms. The van der Waals surface area contributed by atoms with Crippen molar-refractivity contribution in [2.75, 3.05) is 18.0 Å². The van der Waals surface area contributed by atoms with E-state index in [2.05, 4.69) is 11.4 Å². The summed E-state index contributed by atoms with van der Waals surface area (Å²) >= 11 is 0. The van der Waals surface area contributed by atoms with Crippen LogP contribution in [0.15, 0.2) is 18.2 Å². The maximum atomic E-state index is 11.5. The Balaban J connectivity index is 1.80. The average Bonchev–Trinajstić information content (AvgIpc) is 2.90. The van der Waals surface area contributed by atoms with E-state index in [0.717, 1.165) is 37.2 Å². The van der Waals surface area contributed by atoms with Gasteiger partial charge in [-0.15, -0.1) is 0 Å². The second-order valence-corrected chi connectivity index (χ2v) is 5.81. The number of hydrogen-bond acceptors (Lipinski definition) is 3. The van der Waals surface area contributed by atoms with E-state index in [-0.39, 0.29) is 11.9 Å². The molecule has 3 rings (SSSR count). The normalized spacial score (nSPS) is 23.5. The highest BCUT2D eigenvalue weighted by molar-refractivity contribution is 5.93. The highest BCUT2D eigenvalue weighted by Crippen LogP contribution is 2.32. The first kappa shape index (κ1) is 13.6. The summed E-state index contributed by atoms with van der Waals surface area (Å²) in [6.07, 6.45) is 3.83. The van der Waals surface area contributed by atoms with Gasteiger partial charge in [-0.1, -0.05) is 18.6 Å². The smallest absolute Gasteiger partial charge is 0.223 e. The van der Waals surface area contributed by atoms with E-state index in [4.69, 9.17) is 0 Å². The molecule has 1 aromatic carbocycles. The molecule has 1 fully saturated rings. The molecule has 0 radical (unpaired) electrons. The number of piperidine rings is 1. The van der Waals surface area contributed by atoms with E-state index < -0.39 is 6.10 Å². The summed E-state index contributed by atoms with van der Waals surface area (Å²) in [7, 11) is 0. The Labute approximate surface area is 119 Å². The van der Waals surface area contributed by atoms with Crippen molar-refractivity contribution in [2.24, 2.45) is 0 Å². The van der Waals surface area contributed by atoms with E-state index >= 15 is 0 Å². The summed E-state index contributed by atoms with van der Waals surface area (Å²) in [6.45, 7) is 3.35. The van der Waals surface area contributed by atoms with Gasteiger partial charge in [0, 0.05) is 25.2 Å². The molecule has 20 heavy (non-hydrogen) atoms. The predicted octanol–water partition coefficient (Wildman–Crippen LogP) is 1.77. The number of aliphatic hydroxyl groups excluding tert-OH is 1. The lowest BCUT2D eigenvalue weighted by atomic mass is 9.93. The molecule has 2 aliphatic rings. The van der Waals surface area contributed by atoms with Crippen LogP contribution < -0.4 is 10.2 Å². The van der Waals surface area contributed by atoms with Gasteiger partial charge in [-0.25, -0.2) is 0 Å². The molecule has 1 aromatic rings. The molecule has 1 saturated heterocycles. The van der Waals surface area contributed by atoms with Gasteiger partial charge in [0.15, 0.2) is 0 Å².